The number of benzene rings is 2. The van der Waals surface area contributed by atoms with Crippen LogP contribution in [0.2, 0.25) is 5.02 Å². The zero-order chi connectivity index (χ0) is 19.9. The second-order valence-corrected chi connectivity index (χ2v) is 6.73. The van der Waals surface area contributed by atoms with Crippen LogP contribution in [0.1, 0.15) is 24.8 Å². The normalized spacial score (nSPS) is 10.7. The van der Waals surface area contributed by atoms with Crippen LogP contribution in [0.4, 0.5) is 0 Å². The molecule has 0 aliphatic rings. The number of amides is 1. The number of aromatic nitrogens is 2. The smallest absolute Gasteiger partial charge is 0.249 e. The first-order chi connectivity index (χ1) is 13.6. The van der Waals surface area contributed by atoms with E-state index in [9.17, 15) is 4.79 Å². The van der Waals surface area contributed by atoms with Crippen molar-refractivity contribution in [3.63, 3.8) is 0 Å². The van der Waals surface area contributed by atoms with E-state index in [1.165, 1.54) is 0 Å². The topological polar surface area (TPSA) is 68.5 Å². The van der Waals surface area contributed by atoms with Crippen molar-refractivity contribution in [2.45, 2.75) is 26.3 Å². The summed E-state index contributed by atoms with van der Waals surface area (Å²) in [5.41, 5.74) is 1.57. The predicted molar refractivity (Wildman–Crippen MR) is 107 cm³/mol. The van der Waals surface area contributed by atoms with Crippen LogP contribution in [-0.4, -0.2) is 34.7 Å². The van der Waals surface area contributed by atoms with Crippen molar-refractivity contribution in [3.8, 4) is 17.2 Å². The number of hydrogen-bond donors (Lipinski definition) is 0. The molecule has 2 aromatic carbocycles. The van der Waals surface area contributed by atoms with Crippen LogP contribution in [0.15, 0.2) is 52.9 Å². The quantitative estimate of drug-likeness (QED) is 0.562. The summed E-state index contributed by atoms with van der Waals surface area (Å²) in [4.78, 5) is 14.5. The molecule has 1 heterocycles. The fourth-order valence-electron chi connectivity index (χ4n) is 2.85. The van der Waals surface area contributed by atoms with Crippen molar-refractivity contribution in [2.24, 2.45) is 0 Å². The summed E-state index contributed by atoms with van der Waals surface area (Å²) in [6.45, 7) is 2.88. The lowest BCUT2D eigenvalue weighted by atomic mass is 10.1. The molecule has 7 heteroatoms. The van der Waals surface area contributed by atoms with Gasteiger partial charge in [0.2, 0.25) is 17.7 Å². The van der Waals surface area contributed by atoms with Gasteiger partial charge < -0.3 is 14.1 Å². The molecule has 0 aliphatic carbocycles. The Bertz CT molecular complexity index is 942. The second kappa shape index (κ2) is 9.37. The molecule has 28 heavy (non-hydrogen) atoms. The van der Waals surface area contributed by atoms with Gasteiger partial charge in [0.05, 0.1) is 30.7 Å². The SMILES string of the molecule is CCCN(Cc1nnc(-c2ccccc2Cl)o1)C(=O)Cc1cccc(OC)c1. The zero-order valence-electron chi connectivity index (χ0n) is 15.9. The molecule has 0 saturated heterocycles. The summed E-state index contributed by atoms with van der Waals surface area (Å²) in [5.74, 6) is 1.45. The standard InChI is InChI=1S/C21H22ClN3O3/c1-3-11-25(20(26)13-15-7-6-8-16(12-15)27-2)14-19-23-24-21(28-19)17-9-4-5-10-18(17)22/h4-10,12H,3,11,13-14H2,1-2H3. The predicted octanol–water partition coefficient (Wildman–Crippen LogP) is 4.38. The van der Waals surface area contributed by atoms with Gasteiger partial charge in [-0.1, -0.05) is 42.8 Å². The first-order valence-corrected chi connectivity index (χ1v) is 9.46. The summed E-state index contributed by atoms with van der Waals surface area (Å²) >= 11 is 6.19. The van der Waals surface area contributed by atoms with Gasteiger partial charge in [-0.05, 0) is 36.2 Å². The molecule has 0 atom stereocenters. The van der Waals surface area contributed by atoms with Crippen molar-refractivity contribution in [2.75, 3.05) is 13.7 Å². The summed E-state index contributed by atoms with van der Waals surface area (Å²) < 4.78 is 11.0. The molecule has 0 fully saturated rings. The van der Waals surface area contributed by atoms with Crippen LogP contribution in [0.5, 0.6) is 5.75 Å². The number of nitrogens with zero attached hydrogens (tertiary/aromatic N) is 3. The number of carbonyl (C=O) groups excluding carboxylic acids is 1. The van der Waals surface area contributed by atoms with Gasteiger partial charge in [0.1, 0.15) is 5.75 Å². The van der Waals surface area contributed by atoms with Gasteiger partial charge in [0.15, 0.2) is 0 Å². The summed E-state index contributed by atoms with van der Waals surface area (Å²) in [6.07, 6.45) is 1.11. The van der Waals surface area contributed by atoms with Gasteiger partial charge in [-0.2, -0.15) is 0 Å². The number of rotatable bonds is 8. The highest BCUT2D eigenvalue weighted by atomic mass is 35.5. The third kappa shape index (κ3) is 4.89. The van der Waals surface area contributed by atoms with E-state index < -0.39 is 0 Å². The highest BCUT2D eigenvalue weighted by Gasteiger charge is 2.18. The number of hydrogen-bond acceptors (Lipinski definition) is 5. The van der Waals surface area contributed by atoms with E-state index in [4.69, 9.17) is 20.8 Å². The highest BCUT2D eigenvalue weighted by molar-refractivity contribution is 6.33. The van der Waals surface area contributed by atoms with Gasteiger partial charge in [-0.3, -0.25) is 4.79 Å². The van der Waals surface area contributed by atoms with Gasteiger partial charge in [-0.25, -0.2) is 0 Å². The van der Waals surface area contributed by atoms with Crippen molar-refractivity contribution in [1.29, 1.82) is 0 Å². The second-order valence-electron chi connectivity index (χ2n) is 6.32. The number of ether oxygens (including phenoxy) is 1. The van der Waals surface area contributed by atoms with E-state index in [-0.39, 0.29) is 18.9 Å². The summed E-state index contributed by atoms with van der Waals surface area (Å²) in [5, 5.41) is 8.69. The maximum absolute atomic E-state index is 12.8. The third-order valence-electron chi connectivity index (χ3n) is 4.23. The average Bonchev–Trinajstić information content (AvgIpc) is 3.16. The molecule has 146 valence electrons. The summed E-state index contributed by atoms with van der Waals surface area (Å²) in [6, 6.07) is 14.8. The van der Waals surface area contributed by atoms with Crippen LogP contribution in [0, 0.1) is 0 Å². The monoisotopic (exact) mass is 399 g/mol. The Morgan fingerprint density at radius 3 is 2.75 bits per heavy atom. The highest BCUT2D eigenvalue weighted by Crippen LogP contribution is 2.26. The molecule has 0 bridgehead atoms. The molecule has 0 aliphatic heterocycles. The van der Waals surface area contributed by atoms with Gasteiger partial charge in [0.25, 0.3) is 0 Å². The first kappa shape index (κ1) is 19.9. The van der Waals surface area contributed by atoms with Crippen LogP contribution in [0.25, 0.3) is 11.5 Å². The number of carbonyl (C=O) groups is 1. The van der Waals surface area contributed by atoms with Crippen molar-refractivity contribution >= 4 is 17.5 Å². The Hall–Kier alpha value is -2.86. The Morgan fingerprint density at radius 2 is 2.00 bits per heavy atom. The minimum atomic E-state index is -0.00686. The molecular weight excluding hydrogens is 378 g/mol. The molecule has 0 saturated carbocycles. The van der Waals surface area contributed by atoms with E-state index in [0.717, 1.165) is 17.7 Å². The molecule has 1 amide bonds. The molecule has 0 spiro atoms. The maximum atomic E-state index is 12.8. The number of halogens is 1. The minimum Gasteiger partial charge on any atom is -0.497 e. The van der Waals surface area contributed by atoms with Gasteiger partial charge >= 0.3 is 0 Å². The van der Waals surface area contributed by atoms with Crippen molar-refractivity contribution in [3.05, 3.63) is 65.0 Å². The zero-order valence-corrected chi connectivity index (χ0v) is 16.6. The molecule has 1 aromatic heterocycles. The minimum absolute atomic E-state index is 0.00686. The molecule has 3 aromatic rings. The Morgan fingerprint density at radius 1 is 1.18 bits per heavy atom. The van der Waals surface area contributed by atoms with Crippen molar-refractivity contribution in [1.82, 2.24) is 15.1 Å². The fraction of sp³-hybridized carbons (Fsp3) is 0.286. The molecule has 3 rings (SSSR count). The van der Waals surface area contributed by atoms with Crippen LogP contribution in [0.3, 0.4) is 0 Å². The van der Waals surface area contributed by atoms with Crippen LogP contribution in [-0.2, 0) is 17.8 Å². The molecular formula is C21H22ClN3O3. The van der Waals surface area contributed by atoms with E-state index in [2.05, 4.69) is 10.2 Å². The number of methoxy groups -OCH3 is 1. The molecule has 0 radical (unpaired) electrons. The Kier molecular flexibility index (Phi) is 6.66. The van der Waals surface area contributed by atoms with E-state index in [1.54, 1.807) is 18.1 Å². The van der Waals surface area contributed by atoms with Crippen LogP contribution < -0.4 is 4.74 Å². The lowest BCUT2D eigenvalue weighted by Gasteiger charge is -2.20. The van der Waals surface area contributed by atoms with E-state index >= 15 is 0 Å². The largest absolute Gasteiger partial charge is 0.497 e. The molecule has 0 N–H and O–H groups in total. The third-order valence-corrected chi connectivity index (χ3v) is 4.56. The lowest BCUT2D eigenvalue weighted by molar-refractivity contribution is -0.131. The average molecular weight is 400 g/mol. The maximum Gasteiger partial charge on any atom is 0.249 e. The van der Waals surface area contributed by atoms with Crippen molar-refractivity contribution < 1.29 is 13.9 Å². The van der Waals surface area contributed by atoms with E-state index in [1.807, 2.05) is 49.4 Å². The molecule has 6 nitrogen and oxygen atoms in total. The van der Waals surface area contributed by atoms with Crippen LogP contribution >= 0.6 is 11.6 Å². The Labute approximate surface area is 169 Å². The van der Waals surface area contributed by atoms with Gasteiger partial charge in [-0.15, -0.1) is 10.2 Å². The fourth-order valence-corrected chi connectivity index (χ4v) is 3.07. The van der Waals surface area contributed by atoms with Gasteiger partial charge in [0, 0.05) is 6.54 Å². The first-order valence-electron chi connectivity index (χ1n) is 9.08. The van der Waals surface area contributed by atoms with E-state index in [0.29, 0.717) is 28.9 Å². The Balaban J connectivity index is 1.72. The summed E-state index contributed by atoms with van der Waals surface area (Å²) in [7, 11) is 1.61. The molecule has 0 unspecified atom stereocenters. The lowest BCUT2D eigenvalue weighted by Crippen LogP contribution is -2.32.